The van der Waals surface area contributed by atoms with E-state index in [4.69, 9.17) is 21.1 Å². The fraction of sp³-hybridized carbons (Fsp3) is 0.136. The second-order valence-corrected chi connectivity index (χ2v) is 8.62. The third-order valence-electron chi connectivity index (χ3n) is 4.36. The van der Waals surface area contributed by atoms with Crippen molar-refractivity contribution >= 4 is 38.9 Å². The molecular formula is C22H21ClN2O5S. The molecule has 0 saturated carbocycles. The zero-order valence-electron chi connectivity index (χ0n) is 16.9. The Balaban J connectivity index is 1.73. The van der Waals surface area contributed by atoms with Gasteiger partial charge >= 0.3 is 0 Å². The van der Waals surface area contributed by atoms with E-state index in [1.165, 1.54) is 26.4 Å². The molecule has 31 heavy (non-hydrogen) atoms. The molecule has 162 valence electrons. The lowest BCUT2D eigenvalue weighted by atomic mass is 10.1. The smallest absolute Gasteiger partial charge is 0.262 e. The molecule has 0 saturated heterocycles. The van der Waals surface area contributed by atoms with Crippen LogP contribution in [0.1, 0.15) is 5.56 Å². The molecule has 0 atom stereocenters. The van der Waals surface area contributed by atoms with E-state index in [9.17, 15) is 13.2 Å². The van der Waals surface area contributed by atoms with Gasteiger partial charge in [0.15, 0.2) is 11.5 Å². The highest BCUT2D eigenvalue weighted by Crippen LogP contribution is 2.28. The maximum Gasteiger partial charge on any atom is 0.262 e. The third kappa shape index (κ3) is 5.68. The minimum absolute atomic E-state index is 0.00339. The van der Waals surface area contributed by atoms with Crippen LogP contribution in [-0.4, -0.2) is 28.5 Å². The van der Waals surface area contributed by atoms with E-state index < -0.39 is 10.0 Å². The Morgan fingerprint density at radius 2 is 1.68 bits per heavy atom. The van der Waals surface area contributed by atoms with E-state index in [1.54, 1.807) is 54.6 Å². The molecule has 0 spiro atoms. The second-order valence-electron chi connectivity index (χ2n) is 6.53. The van der Waals surface area contributed by atoms with Crippen molar-refractivity contribution in [3.8, 4) is 11.5 Å². The molecular weight excluding hydrogens is 440 g/mol. The van der Waals surface area contributed by atoms with Crippen LogP contribution in [0.25, 0.3) is 0 Å². The molecule has 0 radical (unpaired) electrons. The number of rotatable bonds is 8. The number of amides is 1. The van der Waals surface area contributed by atoms with Crippen LogP contribution in [-0.2, 0) is 21.2 Å². The van der Waals surface area contributed by atoms with Gasteiger partial charge in [0, 0.05) is 5.69 Å². The molecule has 0 aliphatic rings. The van der Waals surface area contributed by atoms with Crippen LogP contribution < -0.4 is 19.5 Å². The molecule has 3 aromatic carbocycles. The summed E-state index contributed by atoms with van der Waals surface area (Å²) >= 11 is 6.03. The molecule has 7 nitrogen and oxygen atoms in total. The Kier molecular flexibility index (Phi) is 7.04. The van der Waals surface area contributed by atoms with Gasteiger partial charge in [-0.05, 0) is 48.0 Å². The zero-order chi connectivity index (χ0) is 22.4. The highest BCUT2D eigenvalue weighted by Gasteiger charge is 2.17. The number of nitrogens with one attached hydrogen (secondary N) is 2. The maximum atomic E-state index is 12.7. The van der Waals surface area contributed by atoms with Crippen LogP contribution in [0.15, 0.2) is 71.6 Å². The van der Waals surface area contributed by atoms with Gasteiger partial charge in [0.2, 0.25) is 5.91 Å². The summed E-state index contributed by atoms with van der Waals surface area (Å²) in [4.78, 5) is 12.5. The summed E-state index contributed by atoms with van der Waals surface area (Å²) < 4.78 is 38.3. The largest absolute Gasteiger partial charge is 0.493 e. The van der Waals surface area contributed by atoms with Crippen LogP contribution in [0.4, 0.5) is 11.4 Å². The number of carbonyl (C=O) groups excluding carboxylic acids is 1. The average Bonchev–Trinajstić information content (AvgIpc) is 2.75. The Bertz CT molecular complexity index is 1200. The molecule has 0 fully saturated rings. The minimum atomic E-state index is -3.89. The lowest BCUT2D eigenvalue weighted by Gasteiger charge is -2.12. The van der Waals surface area contributed by atoms with E-state index in [1.807, 2.05) is 0 Å². The molecule has 0 aliphatic carbocycles. The molecule has 0 bridgehead atoms. The predicted molar refractivity (Wildman–Crippen MR) is 121 cm³/mol. The van der Waals surface area contributed by atoms with Crippen molar-refractivity contribution in [3.05, 3.63) is 77.3 Å². The second kappa shape index (κ2) is 9.72. The molecule has 0 aliphatic heterocycles. The standard InChI is InChI=1S/C22H21ClN2O5S/c1-29-20-11-10-15(12-21(20)30-2)13-22(26)24-16-6-5-7-17(14-16)31(27,28)25-19-9-4-3-8-18(19)23/h3-12,14,25H,13H2,1-2H3,(H,24,26). The lowest BCUT2D eigenvalue weighted by Crippen LogP contribution is -2.16. The first-order valence-corrected chi connectivity index (χ1v) is 11.1. The van der Waals surface area contributed by atoms with Crippen LogP contribution in [0.3, 0.4) is 0 Å². The van der Waals surface area contributed by atoms with Crippen LogP contribution in [0.2, 0.25) is 5.02 Å². The van der Waals surface area contributed by atoms with Crippen molar-refractivity contribution in [3.63, 3.8) is 0 Å². The summed E-state index contributed by atoms with van der Waals surface area (Å²) in [7, 11) is -0.834. The van der Waals surface area contributed by atoms with Gasteiger partial charge in [-0.3, -0.25) is 9.52 Å². The van der Waals surface area contributed by atoms with Crippen molar-refractivity contribution in [1.29, 1.82) is 0 Å². The number of methoxy groups -OCH3 is 2. The normalized spacial score (nSPS) is 10.9. The van der Waals surface area contributed by atoms with E-state index in [-0.39, 0.29) is 27.9 Å². The molecule has 0 aromatic heterocycles. The number of para-hydroxylation sites is 1. The highest BCUT2D eigenvalue weighted by atomic mass is 35.5. The van der Waals surface area contributed by atoms with Gasteiger partial charge in [-0.15, -0.1) is 0 Å². The first-order chi connectivity index (χ1) is 14.8. The Hall–Kier alpha value is -3.23. The third-order valence-corrected chi connectivity index (χ3v) is 6.05. The van der Waals surface area contributed by atoms with Crippen LogP contribution in [0, 0.1) is 0 Å². The first kappa shape index (κ1) is 22.5. The number of halogens is 1. The molecule has 0 heterocycles. The number of hydrogen-bond donors (Lipinski definition) is 2. The maximum absolute atomic E-state index is 12.7. The van der Waals surface area contributed by atoms with Crippen molar-refractivity contribution in [2.45, 2.75) is 11.3 Å². The van der Waals surface area contributed by atoms with Gasteiger partial charge in [-0.25, -0.2) is 8.42 Å². The minimum Gasteiger partial charge on any atom is -0.493 e. The Morgan fingerprint density at radius 1 is 0.935 bits per heavy atom. The van der Waals surface area contributed by atoms with E-state index >= 15 is 0 Å². The van der Waals surface area contributed by atoms with Crippen molar-refractivity contribution in [2.24, 2.45) is 0 Å². The molecule has 3 aromatic rings. The molecule has 0 unspecified atom stereocenters. The SMILES string of the molecule is COc1ccc(CC(=O)Nc2cccc(S(=O)(=O)Nc3ccccc3Cl)c2)cc1OC. The highest BCUT2D eigenvalue weighted by molar-refractivity contribution is 7.92. The van der Waals surface area contributed by atoms with Crippen LogP contribution >= 0.6 is 11.6 Å². The average molecular weight is 461 g/mol. The fourth-order valence-corrected chi connectivity index (χ4v) is 4.23. The first-order valence-electron chi connectivity index (χ1n) is 9.20. The summed E-state index contributed by atoms with van der Waals surface area (Å²) in [5.74, 6) is 0.781. The number of benzene rings is 3. The summed E-state index contributed by atoms with van der Waals surface area (Å²) in [5, 5.41) is 3.00. The van der Waals surface area contributed by atoms with Crippen molar-refractivity contribution in [2.75, 3.05) is 24.3 Å². The van der Waals surface area contributed by atoms with Gasteiger partial charge in [-0.1, -0.05) is 35.9 Å². The number of sulfonamides is 1. The number of carbonyl (C=O) groups is 1. The predicted octanol–water partition coefficient (Wildman–Crippen LogP) is 4.34. The van der Waals surface area contributed by atoms with Crippen molar-refractivity contribution in [1.82, 2.24) is 0 Å². The quantitative estimate of drug-likeness (QED) is 0.521. The van der Waals surface area contributed by atoms with E-state index in [0.29, 0.717) is 17.2 Å². The number of hydrogen-bond acceptors (Lipinski definition) is 5. The fourth-order valence-electron chi connectivity index (χ4n) is 2.87. The van der Waals surface area contributed by atoms with Gasteiger partial charge < -0.3 is 14.8 Å². The van der Waals surface area contributed by atoms with Crippen molar-refractivity contribution < 1.29 is 22.7 Å². The monoisotopic (exact) mass is 460 g/mol. The number of ether oxygens (including phenoxy) is 2. The lowest BCUT2D eigenvalue weighted by molar-refractivity contribution is -0.115. The zero-order valence-corrected chi connectivity index (χ0v) is 18.5. The van der Waals surface area contributed by atoms with Crippen LogP contribution in [0.5, 0.6) is 11.5 Å². The summed E-state index contributed by atoms with van der Waals surface area (Å²) in [5.41, 5.74) is 1.35. The Labute approximate surface area is 186 Å². The molecule has 9 heteroatoms. The summed E-state index contributed by atoms with van der Waals surface area (Å²) in [6, 6.07) is 17.7. The Morgan fingerprint density at radius 3 is 2.39 bits per heavy atom. The summed E-state index contributed by atoms with van der Waals surface area (Å²) in [6.07, 6.45) is 0.0786. The molecule has 2 N–H and O–H groups in total. The topological polar surface area (TPSA) is 93.7 Å². The van der Waals surface area contributed by atoms with Gasteiger partial charge in [0.05, 0.1) is 36.2 Å². The number of anilines is 2. The summed E-state index contributed by atoms with van der Waals surface area (Å²) in [6.45, 7) is 0. The molecule has 3 rings (SSSR count). The van der Waals surface area contributed by atoms with Gasteiger partial charge in [-0.2, -0.15) is 0 Å². The van der Waals surface area contributed by atoms with Gasteiger partial charge in [0.25, 0.3) is 10.0 Å². The van der Waals surface area contributed by atoms with Gasteiger partial charge in [0.1, 0.15) is 0 Å². The van der Waals surface area contributed by atoms with E-state index in [2.05, 4.69) is 10.0 Å². The van der Waals surface area contributed by atoms with E-state index in [0.717, 1.165) is 5.56 Å². The molecule has 1 amide bonds.